The molecule has 1 aliphatic rings. The summed E-state index contributed by atoms with van der Waals surface area (Å²) in [5, 5.41) is 2.07. The van der Waals surface area contributed by atoms with Gasteiger partial charge in [0.1, 0.15) is 11.4 Å². The van der Waals surface area contributed by atoms with Gasteiger partial charge in [-0.05, 0) is 64.8 Å². The van der Waals surface area contributed by atoms with Crippen molar-refractivity contribution in [1.29, 1.82) is 0 Å². The Morgan fingerprint density at radius 1 is 1.18 bits per heavy atom. The number of barbiturate groups is 1. The molecule has 0 aromatic heterocycles. The lowest BCUT2D eigenvalue weighted by atomic mass is 10.1. The Morgan fingerprint density at radius 3 is 2.61 bits per heavy atom. The van der Waals surface area contributed by atoms with E-state index in [2.05, 4.69) is 26.0 Å². The van der Waals surface area contributed by atoms with E-state index >= 15 is 0 Å². The third kappa shape index (κ3) is 5.37. The molecule has 4 amide bonds. The number of halogens is 2. The zero-order valence-electron chi connectivity index (χ0n) is 17.5. The molecule has 0 aliphatic carbocycles. The number of esters is 1. The second-order valence-corrected chi connectivity index (χ2v) is 7.42. The predicted molar refractivity (Wildman–Crippen MR) is 118 cm³/mol. The summed E-state index contributed by atoms with van der Waals surface area (Å²) < 4.78 is 29.6. The molecule has 172 valence electrons. The molecule has 9 nitrogen and oxygen atoms in total. The molecular weight excluding hydrogens is 503 g/mol. The molecule has 11 heteroatoms. The van der Waals surface area contributed by atoms with E-state index in [9.17, 15) is 23.6 Å². The van der Waals surface area contributed by atoms with Crippen LogP contribution in [-0.2, 0) is 19.1 Å². The highest BCUT2D eigenvalue weighted by molar-refractivity contribution is 9.10. The van der Waals surface area contributed by atoms with Crippen molar-refractivity contribution < 1.29 is 37.8 Å². The van der Waals surface area contributed by atoms with Crippen LogP contribution < -0.4 is 19.7 Å². The lowest BCUT2D eigenvalue weighted by Crippen LogP contribution is -2.54. The molecule has 0 atom stereocenters. The van der Waals surface area contributed by atoms with Gasteiger partial charge in [-0.15, -0.1) is 0 Å². The van der Waals surface area contributed by atoms with Crippen LogP contribution >= 0.6 is 15.9 Å². The van der Waals surface area contributed by atoms with Crippen molar-refractivity contribution in [1.82, 2.24) is 5.32 Å². The van der Waals surface area contributed by atoms with Crippen LogP contribution in [0.2, 0.25) is 0 Å². The maximum atomic E-state index is 13.6. The van der Waals surface area contributed by atoms with Gasteiger partial charge in [0, 0.05) is 0 Å². The summed E-state index contributed by atoms with van der Waals surface area (Å²) in [5.41, 5.74) is -0.0159. The summed E-state index contributed by atoms with van der Waals surface area (Å²) in [4.78, 5) is 49.7. The van der Waals surface area contributed by atoms with Gasteiger partial charge in [-0.3, -0.25) is 14.9 Å². The maximum Gasteiger partial charge on any atom is 0.343 e. The number of amides is 4. The van der Waals surface area contributed by atoms with E-state index in [1.54, 1.807) is 6.92 Å². The first-order valence-corrected chi connectivity index (χ1v) is 10.4. The van der Waals surface area contributed by atoms with Crippen LogP contribution in [0, 0.1) is 5.82 Å². The van der Waals surface area contributed by atoms with Crippen molar-refractivity contribution in [2.45, 2.75) is 6.92 Å². The standard InChI is InChI=1S/C22H18BrFN2O7/c1-3-32-17-9-12(8-16(23)19(17)33-11-18(27)31-2)7-15-20(28)25-22(30)26(21(15)29)14-6-4-5-13(24)10-14/h4-10H,3,11H2,1-2H3,(H,25,28,30)/b15-7+. The molecule has 2 aromatic rings. The first-order chi connectivity index (χ1) is 15.7. The highest BCUT2D eigenvalue weighted by Gasteiger charge is 2.37. The number of urea groups is 1. The molecule has 1 fully saturated rings. The first-order valence-electron chi connectivity index (χ1n) is 9.58. The zero-order valence-corrected chi connectivity index (χ0v) is 19.1. The van der Waals surface area contributed by atoms with Crippen molar-refractivity contribution in [3.05, 3.63) is 57.8 Å². The van der Waals surface area contributed by atoms with Crippen molar-refractivity contribution in [3.8, 4) is 11.5 Å². The molecule has 0 radical (unpaired) electrons. The number of nitrogens with zero attached hydrogens (tertiary/aromatic N) is 1. The largest absolute Gasteiger partial charge is 0.490 e. The third-order valence-corrected chi connectivity index (χ3v) is 4.96. The van der Waals surface area contributed by atoms with E-state index in [0.29, 0.717) is 14.9 Å². The van der Waals surface area contributed by atoms with Crippen molar-refractivity contribution >= 4 is 51.5 Å². The van der Waals surface area contributed by atoms with Crippen molar-refractivity contribution in [2.24, 2.45) is 0 Å². The van der Waals surface area contributed by atoms with Gasteiger partial charge in [-0.25, -0.2) is 18.9 Å². The van der Waals surface area contributed by atoms with Crippen LogP contribution in [0.4, 0.5) is 14.9 Å². The van der Waals surface area contributed by atoms with E-state index in [0.717, 1.165) is 12.1 Å². The van der Waals surface area contributed by atoms with E-state index in [1.807, 2.05) is 0 Å². The van der Waals surface area contributed by atoms with Gasteiger partial charge in [-0.2, -0.15) is 0 Å². The minimum absolute atomic E-state index is 0.0290. The van der Waals surface area contributed by atoms with Gasteiger partial charge >= 0.3 is 12.0 Å². The fourth-order valence-corrected chi connectivity index (χ4v) is 3.51. The molecular formula is C22H18BrFN2O7. The topological polar surface area (TPSA) is 111 Å². The predicted octanol–water partition coefficient (Wildman–Crippen LogP) is 3.21. The second-order valence-electron chi connectivity index (χ2n) is 6.57. The average molecular weight is 521 g/mol. The van der Waals surface area contributed by atoms with Gasteiger partial charge in [0.05, 0.1) is 23.9 Å². The monoisotopic (exact) mass is 520 g/mol. The molecule has 2 aromatic carbocycles. The third-order valence-electron chi connectivity index (χ3n) is 4.37. The lowest BCUT2D eigenvalue weighted by molar-refractivity contribution is -0.143. The summed E-state index contributed by atoms with van der Waals surface area (Å²) in [7, 11) is 1.23. The average Bonchev–Trinajstić information content (AvgIpc) is 2.76. The molecule has 1 heterocycles. The number of benzene rings is 2. The summed E-state index contributed by atoms with van der Waals surface area (Å²) in [5.74, 6) is -2.61. The smallest absolute Gasteiger partial charge is 0.343 e. The summed E-state index contributed by atoms with van der Waals surface area (Å²) in [6.07, 6.45) is 1.26. The van der Waals surface area contributed by atoms with Gasteiger partial charge in [0.2, 0.25) is 0 Å². The van der Waals surface area contributed by atoms with E-state index < -0.39 is 29.6 Å². The Bertz CT molecular complexity index is 1170. The number of hydrogen-bond donors (Lipinski definition) is 1. The van der Waals surface area contributed by atoms with Gasteiger partial charge in [0.25, 0.3) is 11.8 Å². The Labute approximate surface area is 196 Å². The normalized spacial score (nSPS) is 14.8. The van der Waals surface area contributed by atoms with Gasteiger partial charge in [0.15, 0.2) is 18.1 Å². The van der Waals surface area contributed by atoms with Crippen molar-refractivity contribution in [3.63, 3.8) is 0 Å². The second kappa shape index (κ2) is 10.3. The minimum atomic E-state index is -0.990. The minimum Gasteiger partial charge on any atom is -0.490 e. The summed E-state index contributed by atoms with van der Waals surface area (Å²) in [6, 6.07) is 6.91. The molecule has 1 N–H and O–H groups in total. The Morgan fingerprint density at radius 2 is 1.94 bits per heavy atom. The van der Waals surface area contributed by atoms with Crippen LogP contribution in [0.25, 0.3) is 6.08 Å². The molecule has 1 aliphatic heterocycles. The molecule has 0 bridgehead atoms. The van der Waals surface area contributed by atoms with Gasteiger partial charge in [-0.1, -0.05) is 6.07 Å². The number of imide groups is 2. The molecule has 0 saturated carbocycles. The number of methoxy groups -OCH3 is 1. The molecule has 33 heavy (non-hydrogen) atoms. The van der Waals surface area contributed by atoms with Crippen LogP contribution in [0.15, 0.2) is 46.4 Å². The SMILES string of the molecule is CCOc1cc(/C=C2\C(=O)NC(=O)N(c3cccc(F)c3)C2=O)cc(Br)c1OCC(=O)OC. The van der Waals surface area contributed by atoms with Crippen LogP contribution in [0.3, 0.4) is 0 Å². The van der Waals surface area contributed by atoms with Crippen LogP contribution in [-0.4, -0.2) is 44.1 Å². The van der Waals surface area contributed by atoms with Crippen LogP contribution in [0.1, 0.15) is 12.5 Å². The van der Waals surface area contributed by atoms with Crippen LogP contribution in [0.5, 0.6) is 11.5 Å². The van der Waals surface area contributed by atoms with Crippen molar-refractivity contribution in [2.75, 3.05) is 25.2 Å². The quantitative estimate of drug-likeness (QED) is 0.339. The Kier molecular flexibility index (Phi) is 7.44. The lowest BCUT2D eigenvalue weighted by Gasteiger charge is -2.26. The highest BCUT2D eigenvalue weighted by Crippen LogP contribution is 2.38. The fourth-order valence-electron chi connectivity index (χ4n) is 2.94. The maximum absolute atomic E-state index is 13.6. The Hall–Kier alpha value is -3.73. The molecule has 3 rings (SSSR count). The van der Waals surface area contributed by atoms with E-state index in [1.165, 1.54) is 37.5 Å². The number of ether oxygens (including phenoxy) is 3. The Balaban J connectivity index is 1.99. The van der Waals surface area contributed by atoms with Gasteiger partial charge < -0.3 is 14.2 Å². The number of carbonyl (C=O) groups excluding carboxylic acids is 4. The number of rotatable bonds is 7. The number of anilines is 1. The summed E-state index contributed by atoms with van der Waals surface area (Å²) >= 11 is 3.32. The number of carbonyl (C=O) groups is 4. The number of nitrogens with one attached hydrogen (secondary N) is 1. The highest BCUT2D eigenvalue weighted by atomic mass is 79.9. The van der Waals surface area contributed by atoms with E-state index in [-0.39, 0.29) is 36.0 Å². The molecule has 0 spiro atoms. The zero-order chi connectivity index (χ0) is 24.1. The number of hydrogen-bond acceptors (Lipinski definition) is 7. The molecule has 1 saturated heterocycles. The van der Waals surface area contributed by atoms with E-state index in [4.69, 9.17) is 9.47 Å². The fraction of sp³-hybridized carbons (Fsp3) is 0.182. The summed E-state index contributed by atoms with van der Waals surface area (Å²) in [6.45, 7) is 1.65. The molecule has 0 unspecified atom stereocenters. The first kappa shape index (κ1) is 23.9.